The summed E-state index contributed by atoms with van der Waals surface area (Å²) >= 11 is 1.37. The second kappa shape index (κ2) is 12.7. The summed E-state index contributed by atoms with van der Waals surface area (Å²) in [5.41, 5.74) is 3.20. The number of fused-ring (bicyclic) bond motifs is 3. The van der Waals surface area contributed by atoms with Gasteiger partial charge in [0.15, 0.2) is 0 Å². The van der Waals surface area contributed by atoms with Crippen LogP contribution in [0.25, 0.3) is 21.5 Å². The Hall–Kier alpha value is -0.890. The van der Waals surface area contributed by atoms with Gasteiger partial charge < -0.3 is 24.8 Å². The van der Waals surface area contributed by atoms with Crippen LogP contribution in [0, 0.1) is 6.08 Å². The van der Waals surface area contributed by atoms with Crippen molar-refractivity contribution < 1.29 is 48.7 Å². The van der Waals surface area contributed by atoms with E-state index in [1.807, 2.05) is 15.4 Å². The molecular weight excluding hydrogens is 610 g/mol. The van der Waals surface area contributed by atoms with E-state index in [-0.39, 0.29) is 35.6 Å². The monoisotopic (exact) mass is 646 g/mol. The third kappa shape index (κ3) is 8.37. The molecule has 5 rings (SSSR count). The summed E-state index contributed by atoms with van der Waals surface area (Å²) in [6.45, 7) is 13.7. The molecule has 0 aromatic heterocycles. The van der Waals surface area contributed by atoms with Crippen molar-refractivity contribution in [2.45, 2.75) is 78.1 Å². The number of allylic oxidation sites excluding steroid dienone is 4. The van der Waals surface area contributed by atoms with E-state index in [1.165, 1.54) is 75.8 Å². The van der Waals surface area contributed by atoms with Crippen LogP contribution in [0.5, 0.6) is 0 Å². The first-order valence-electron chi connectivity index (χ1n) is 11.5. The molecule has 0 unspecified atom stereocenters. The molecule has 0 atom stereocenters. The van der Waals surface area contributed by atoms with Gasteiger partial charge in [0.2, 0.25) is 0 Å². The summed E-state index contributed by atoms with van der Waals surface area (Å²) in [6.07, 6.45) is 14.4. The third-order valence-corrected chi connectivity index (χ3v) is 7.78. The van der Waals surface area contributed by atoms with Crippen LogP contribution in [0.3, 0.4) is 0 Å². The SMILES string of the molecule is CC(C)(C)c1ccc2[cH-]c3ccc(C(C)(C)C)cc3c2c1.[C-]1=CC=CC1.[Cl-].[Cl-].[Hf+2]=[C]1CCC1. The Morgan fingerprint density at radius 2 is 1.24 bits per heavy atom. The van der Waals surface area contributed by atoms with Crippen LogP contribution < -0.4 is 24.8 Å². The van der Waals surface area contributed by atoms with Crippen molar-refractivity contribution in [2.24, 2.45) is 0 Å². The molecule has 1 fully saturated rings. The quantitative estimate of drug-likeness (QED) is 0.261. The van der Waals surface area contributed by atoms with Crippen LogP contribution in [-0.4, -0.2) is 3.26 Å². The fourth-order valence-corrected chi connectivity index (χ4v) is 4.90. The fraction of sp³-hybridized carbons (Fsp3) is 0.400. The van der Waals surface area contributed by atoms with Crippen molar-refractivity contribution >= 4 is 24.8 Å². The van der Waals surface area contributed by atoms with Crippen molar-refractivity contribution in [3.63, 3.8) is 0 Å². The van der Waals surface area contributed by atoms with Crippen LogP contribution in [0.1, 0.15) is 78.4 Å². The van der Waals surface area contributed by atoms with Gasteiger partial charge in [-0.25, -0.2) is 12.2 Å². The molecule has 0 saturated heterocycles. The molecule has 1 saturated carbocycles. The normalized spacial score (nSPS) is 14.5. The first-order chi connectivity index (χ1) is 14.6. The molecule has 3 aromatic carbocycles. The van der Waals surface area contributed by atoms with E-state index in [2.05, 4.69) is 96.2 Å². The van der Waals surface area contributed by atoms with Gasteiger partial charge in [0, 0.05) is 0 Å². The predicted molar refractivity (Wildman–Crippen MR) is 135 cm³/mol. The number of halogens is 2. The van der Waals surface area contributed by atoms with E-state index in [9.17, 15) is 0 Å². The Bertz CT molecular complexity index is 1030. The first-order valence-corrected chi connectivity index (χ1v) is 13.3. The Labute approximate surface area is 228 Å². The van der Waals surface area contributed by atoms with Crippen molar-refractivity contribution in [1.29, 1.82) is 0 Å². The van der Waals surface area contributed by atoms with Crippen LogP contribution in [-0.2, 0) is 34.7 Å². The Morgan fingerprint density at radius 3 is 1.48 bits per heavy atom. The average Bonchev–Trinajstić information content (AvgIpc) is 3.36. The number of hydrogen-bond acceptors (Lipinski definition) is 0. The zero-order valence-electron chi connectivity index (χ0n) is 20.9. The van der Waals surface area contributed by atoms with E-state index < -0.39 is 0 Å². The maximum atomic E-state index is 2.99. The van der Waals surface area contributed by atoms with Gasteiger partial charge in [0.05, 0.1) is 0 Å². The van der Waals surface area contributed by atoms with Crippen molar-refractivity contribution in [1.82, 2.24) is 0 Å². The molecule has 0 heterocycles. The van der Waals surface area contributed by atoms with Crippen molar-refractivity contribution in [3.8, 4) is 0 Å². The van der Waals surface area contributed by atoms with Gasteiger partial charge in [-0.3, -0.25) is 6.08 Å². The second-order valence-electron chi connectivity index (χ2n) is 10.7. The molecule has 0 N–H and O–H groups in total. The van der Waals surface area contributed by atoms with Crippen LogP contribution in [0.4, 0.5) is 0 Å². The predicted octanol–water partition coefficient (Wildman–Crippen LogP) is 2.51. The zero-order chi connectivity index (χ0) is 22.6. The van der Waals surface area contributed by atoms with E-state index in [0.29, 0.717) is 0 Å². The van der Waals surface area contributed by atoms with Crippen LogP contribution in [0.15, 0.2) is 60.7 Å². The molecule has 3 aromatic rings. The minimum absolute atomic E-state index is 0. The Morgan fingerprint density at radius 1 is 0.788 bits per heavy atom. The third-order valence-electron chi connectivity index (χ3n) is 5.98. The summed E-state index contributed by atoms with van der Waals surface area (Å²) in [4.78, 5) is 0. The van der Waals surface area contributed by atoms with Gasteiger partial charge in [0.25, 0.3) is 0 Å². The molecule has 176 valence electrons. The molecule has 0 amide bonds. The summed E-state index contributed by atoms with van der Waals surface area (Å²) in [5.74, 6) is 0. The van der Waals surface area contributed by atoms with Crippen LogP contribution in [0.2, 0.25) is 0 Å². The van der Waals surface area contributed by atoms with Gasteiger partial charge in [0.1, 0.15) is 0 Å². The fourth-order valence-electron chi connectivity index (χ4n) is 3.63. The molecule has 0 aliphatic heterocycles. The maximum absolute atomic E-state index is 2.99. The zero-order valence-corrected chi connectivity index (χ0v) is 26.0. The Balaban J connectivity index is 0.000000375. The minimum atomic E-state index is 0. The molecule has 0 radical (unpaired) electrons. The van der Waals surface area contributed by atoms with Crippen LogP contribution >= 0.6 is 0 Å². The molecule has 2 aliphatic carbocycles. The molecule has 3 heteroatoms. The van der Waals surface area contributed by atoms with Crippen molar-refractivity contribution in [3.05, 3.63) is 77.9 Å². The molecule has 0 bridgehead atoms. The van der Waals surface area contributed by atoms with Gasteiger partial charge in [-0.05, 0) is 10.8 Å². The van der Waals surface area contributed by atoms with Gasteiger partial charge in [-0.2, -0.15) is 6.08 Å². The molecular formula is C30H36Cl2Hf-2. The number of rotatable bonds is 0. The topological polar surface area (TPSA) is 0 Å². The van der Waals surface area contributed by atoms with E-state index >= 15 is 0 Å². The Kier molecular flexibility index (Phi) is 11.6. The van der Waals surface area contributed by atoms with Gasteiger partial charge in [-0.1, -0.05) is 76.9 Å². The first kappa shape index (κ1) is 30.1. The summed E-state index contributed by atoms with van der Waals surface area (Å²) in [6, 6.07) is 16.1. The molecule has 0 spiro atoms. The molecule has 0 nitrogen and oxygen atoms in total. The van der Waals surface area contributed by atoms with Crippen molar-refractivity contribution in [2.75, 3.05) is 0 Å². The summed E-state index contributed by atoms with van der Waals surface area (Å²) in [5, 5.41) is 5.49. The molecule has 2 aliphatic rings. The van der Waals surface area contributed by atoms with E-state index in [1.54, 1.807) is 0 Å². The average molecular weight is 646 g/mol. The summed E-state index contributed by atoms with van der Waals surface area (Å²) in [7, 11) is 0. The standard InChI is InChI=1S/C21H25.C5H5.C4H6.2ClH.Hf/c1-20(2,3)16-9-7-14-11-15-8-10-17(21(4,5)6)13-19(15)18(14)12-16;1-2-4-5-3-1;1-2-4-3-1;;;/h7-13H,1-6H3;1-3H,4H2;1-3H2;2*1H;/q2*-1;;;;+2/p-2. The van der Waals surface area contributed by atoms with Gasteiger partial charge in [-0.15, -0.1) is 46.2 Å². The van der Waals surface area contributed by atoms with E-state index in [4.69, 9.17) is 0 Å². The summed E-state index contributed by atoms with van der Waals surface area (Å²) < 4.78 is 1.82. The van der Waals surface area contributed by atoms with Gasteiger partial charge >= 0.3 is 46.4 Å². The van der Waals surface area contributed by atoms with E-state index in [0.717, 1.165) is 6.42 Å². The number of hydrogen-bond donors (Lipinski definition) is 0. The number of benzene rings is 2. The molecule has 33 heavy (non-hydrogen) atoms. The second-order valence-corrected chi connectivity index (χ2v) is 13.2.